The molecule has 0 aliphatic carbocycles. The van der Waals surface area contributed by atoms with Crippen LogP contribution in [0.25, 0.3) is 0 Å². The first-order valence-corrected chi connectivity index (χ1v) is 5.93. The number of anilines is 1. The van der Waals surface area contributed by atoms with Crippen molar-refractivity contribution in [3.8, 4) is 0 Å². The summed E-state index contributed by atoms with van der Waals surface area (Å²) in [5.74, 6) is 2.03. The van der Waals surface area contributed by atoms with Gasteiger partial charge in [0.1, 0.15) is 11.6 Å². The van der Waals surface area contributed by atoms with E-state index in [1.54, 1.807) is 0 Å². The maximum Gasteiger partial charge on any atom is 0.133 e. The highest BCUT2D eigenvalue weighted by Crippen LogP contribution is 2.10. The van der Waals surface area contributed by atoms with Crippen molar-refractivity contribution in [3.05, 3.63) is 41.5 Å². The van der Waals surface area contributed by atoms with Gasteiger partial charge in [-0.15, -0.1) is 10.2 Å². The predicted octanol–water partition coefficient (Wildman–Crippen LogP) is 1.97. The highest BCUT2D eigenvalue weighted by molar-refractivity contribution is 5.40. The number of rotatable bonds is 4. The van der Waals surface area contributed by atoms with E-state index >= 15 is 0 Å². The molecule has 0 aliphatic rings. The van der Waals surface area contributed by atoms with Gasteiger partial charge in [0, 0.05) is 18.7 Å². The average molecular weight is 230 g/mol. The number of nitrogen functional groups attached to an aromatic ring is 1. The number of nitrogens with two attached hydrogens (primary N) is 1. The van der Waals surface area contributed by atoms with Crippen LogP contribution in [0.5, 0.6) is 0 Å². The van der Waals surface area contributed by atoms with Crippen molar-refractivity contribution < 1.29 is 0 Å². The van der Waals surface area contributed by atoms with Gasteiger partial charge in [0.15, 0.2) is 0 Å². The fourth-order valence-corrected chi connectivity index (χ4v) is 2.03. The zero-order valence-electron chi connectivity index (χ0n) is 10.3. The van der Waals surface area contributed by atoms with Crippen molar-refractivity contribution in [2.45, 2.75) is 33.2 Å². The molecule has 0 spiro atoms. The summed E-state index contributed by atoms with van der Waals surface area (Å²) in [6.45, 7) is 5.02. The maximum absolute atomic E-state index is 5.75. The molecule has 0 saturated heterocycles. The van der Waals surface area contributed by atoms with Crippen LogP contribution in [-0.4, -0.2) is 14.8 Å². The molecule has 0 atom stereocenters. The second-order valence-corrected chi connectivity index (χ2v) is 4.15. The van der Waals surface area contributed by atoms with Crippen molar-refractivity contribution in [2.24, 2.45) is 0 Å². The highest BCUT2D eigenvalue weighted by atomic mass is 15.3. The number of hydrogen-bond acceptors (Lipinski definition) is 3. The van der Waals surface area contributed by atoms with Gasteiger partial charge < -0.3 is 10.3 Å². The highest BCUT2D eigenvalue weighted by Gasteiger charge is 2.06. The molecule has 2 N–H and O–H groups in total. The average Bonchev–Trinajstić information content (AvgIpc) is 2.67. The van der Waals surface area contributed by atoms with Crippen LogP contribution in [0.3, 0.4) is 0 Å². The molecule has 17 heavy (non-hydrogen) atoms. The Morgan fingerprint density at radius 1 is 1.24 bits per heavy atom. The fourth-order valence-electron chi connectivity index (χ4n) is 2.03. The Labute approximate surface area is 101 Å². The van der Waals surface area contributed by atoms with Crippen LogP contribution in [0, 0.1) is 6.92 Å². The van der Waals surface area contributed by atoms with Gasteiger partial charge in [-0.1, -0.05) is 12.1 Å². The Kier molecular flexibility index (Phi) is 3.42. The van der Waals surface area contributed by atoms with E-state index in [0.717, 1.165) is 36.7 Å². The molecule has 0 unspecified atom stereocenters. The normalized spacial score (nSPS) is 10.7. The Balaban J connectivity index is 2.07. The van der Waals surface area contributed by atoms with Crippen LogP contribution >= 0.6 is 0 Å². The van der Waals surface area contributed by atoms with E-state index in [1.165, 1.54) is 5.56 Å². The van der Waals surface area contributed by atoms with Crippen LogP contribution in [0.4, 0.5) is 5.69 Å². The third kappa shape index (κ3) is 2.64. The lowest BCUT2D eigenvalue weighted by Gasteiger charge is -2.05. The van der Waals surface area contributed by atoms with Crippen LogP contribution in [0.2, 0.25) is 0 Å². The summed E-state index contributed by atoms with van der Waals surface area (Å²) in [4.78, 5) is 0. The monoisotopic (exact) mass is 230 g/mol. The molecule has 2 aromatic rings. The molecule has 1 aromatic heterocycles. The van der Waals surface area contributed by atoms with Crippen molar-refractivity contribution in [1.29, 1.82) is 0 Å². The lowest BCUT2D eigenvalue weighted by molar-refractivity contribution is 0.672. The van der Waals surface area contributed by atoms with E-state index in [0.29, 0.717) is 0 Å². The minimum Gasteiger partial charge on any atom is -0.399 e. The topological polar surface area (TPSA) is 56.7 Å². The van der Waals surface area contributed by atoms with Crippen LogP contribution in [0.1, 0.15) is 24.1 Å². The van der Waals surface area contributed by atoms with Gasteiger partial charge in [-0.3, -0.25) is 0 Å². The molecule has 4 heteroatoms. The van der Waals surface area contributed by atoms with E-state index in [9.17, 15) is 0 Å². The molecule has 4 nitrogen and oxygen atoms in total. The van der Waals surface area contributed by atoms with Crippen molar-refractivity contribution in [3.63, 3.8) is 0 Å². The zero-order chi connectivity index (χ0) is 12.3. The fraction of sp³-hybridized carbons (Fsp3) is 0.385. The molecule has 90 valence electrons. The smallest absolute Gasteiger partial charge is 0.133 e. The van der Waals surface area contributed by atoms with Gasteiger partial charge in [0.05, 0.1) is 0 Å². The number of hydrogen-bond donors (Lipinski definition) is 1. The Morgan fingerprint density at radius 2 is 2.06 bits per heavy atom. The third-order valence-electron chi connectivity index (χ3n) is 2.92. The quantitative estimate of drug-likeness (QED) is 0.817. The molecule has 0 bridgehead atoms. The number of aryl methyl sites for hydroxylation is 3. The van der Waals surface area contributed by atoms with Crippen molar-refractivity contribution >= 4 is 5.69 Å². The standard InChI is InChI=1S/C13H18N4/c1-3-17-10(2)15-16-13(17)8-7-11-5-4-6-12(14)9-11/h4-6,9H,3,7-8,14H2,1-2H3. The molecule has 0 fully saturated rings. The predicted molar refractivity (Wildman–Crippen MR) is 68.7 cm³/mol. The second kappa shape index (κ2) is 4.99. The number of aromatic nitrogens is 3. The third-order valence-corrected chi connectivity index (χ3v) is 2.92. The van der Waals surface area contributed by atoms with E-state index in [2.05, 4.69) is 27.8 Å². The molecule has 0 aliphatic heterocycles. The molecule has 0 amide bonds. The lowest BCUT2D eigenvalue weighted by atomic mass is 10.1. The Hall–Kier alpha value is -1.84. The van der Waals surface area contributed by atoms with Gasteiger partial charge in [-0.2, -0.15) is 0 Å². The molecular weight excluding hydrogens is 212 g/mol. The van der Waals surface area contributed by atoms with E-state index in [1.807, 2.05) is 25.1 Å². The molecule has 0 saturated carbocycles. The molecule has 0 radical (unpaired) electrons. The summed E-state index contributed by atoms with van der Waals surface area (Å²) in [6.07, 6.45) is 1.85. The maximum atomic E-state index is 5.75. The van der Waals surface area contributed by atoms with E-state index in [-0.39, 0.29) is 0 Å². The van der Waals surface area contributed by atoms with Gasteiger partial charge in [0.25, 0.3) is 0 Å². The van der Waals surface area contributed by atoms with Crippen LogP contribution in [-0.2, 0) is 19.4 Å². The number of nitrogens with zero attached hydrogens (tertiary/aromatic N) is 3. The molecule has 1 heterocycles. The first-order chi connectivity index (χ1) is 8.20. The minimum absolute atomic E-state index is 0.815. The first kappa shape index (κ1) is 11.6. The van der Waals surface area contributed by atoms with E-state index in [4.69, 9.17) is 5.73 Å². The Morgan fingerprint density at radius 3 is 2.76 bits per heavy atom. The van der Waals surface area contributed by atoms with Crippen molar-refractivity contribution in [1.82, 2.24) is 14.8 Å². The van der Waals surface area contributed by atoms with Gasteiger partial charge >= 0.3 is 0 Å². The summed E-state index contributed by atoms with van der Waals surface area (Å²) in [5, 5.41) is 8.31. The van der Waals surface area contributed by atoms with E-state index < -0.39 is 0 Å². The second-order valence-electron chi connectivity index (χ2n) is 4.15. The minimum atomic E-state index is 0.815. The van der Waals surface area contributed by atoms with Crippen LogP contribution < -0.4 is 5.73 Å². The molecular formula is C13H18N4. The lowest BCUT2D eigenvalue weighted by Crippen LogP contribution is -2.05. The van der Waals surface area contributed by atoms with Gasteiger partial charge in [-0.25, -0.2) is 0 Å². The summed E-state index contributed by atoms with van der Waals surface area (Å²) in [5.41, 5.74) is 7.81. The molecule has 2 rings (SSSR count). The number of benzene rings is 1. The zero-order valence-corrected chi connectivity index (χ0v) is 10.3. The van der Waals surface area contributed by atoms with Crippen LogP contribution in [0.15, 0.2) is 24.3 Å². The Bertz CT molecular complexity index is 502. The van der Waals surface area contributed by atoms with Gasteiger partial charge in [0.2, 0.25) is 0 Å². The summed E-state index contributed by atoms with van der Waals surface area (Å²) in [6, 6.07) is 8.00. The van der Waals surface area contributed by atoms with Crippen molar-refractivity contribution in [2.75, 3.05) is 5.73 Å². The van der Waals surface area contributed by atoms with Gasteiger partial charge in [-0.05, 0) is 38.0 Å². The largest absolute Gasteiger partial charge is 0.399 e. The SMILES string of the molecule is CCn1c(C)nnc1CCc1cccc(N)c1. The molecule has 1 aromatic carbocycles. The first-order valence-electron chi connectivity index (χ1n) is 5.93. The summed E-state index contributed by atoms with van der Waals surface area (Å²) in [7, 11) is 0. The summed E-state index contributed by atoms with van der Waals surface area (Å²) >= 11 is 0. The summed E-state index contributed by atoms with van der Waals surface area (Å²) < 4.78 is 2.15.